The Bertz CT molecular complexity index is 795. The third-order valence-electron chi connectivity index (χ3n) is 5.24. The van der Waals surface area contributed by atoms with Crippen molar-refractivity contribution >= 4 is 17.8 Å². The van der Waals surface area contributed by atoms with Gasteiger partial charge in [0, 0.05) is 29.8 Å². The van der Waals surface area contributed by atoms with E-state index in [0.717, 1.165) is 5.69 Å². The monoisotopic (exact) mass is 396 g/mol. The van der Waals surface area contributed by atoms with Crippen molar-refractivity contribution in [3.05, 3.63) is 65.2 Å². The van der Waals surface area contributed by atoms with E-state index in [1.165, 1.54) is 31.2 Å². The van der Waals surface area contributed by atoms with Crippen LogP contribution in [0.1, 0.15) is 71.3 Å². The first-order valence-corrected chi connectivity index (χ1v) is 10.6. The van der Waals surface area contributed by atoms with Crippen molar-refractivity contribution in [3.63, 3.8) is 0 Å². The minimum atomic E-state index is -0.221. The number of carbonyl (C=O) groups is 1. The van der Waals surface area contributed by atoms with Gasteiger partial charge in [-0.25, -0.2) is 4.39 Å². The average Bonchev–Trinajstić information content (AvgIpc) is 3.25. The Kier molecular flexibility index (Phi) is 9.04. The molecule has 1 N–H and O–H groups in total. The summed E-state index contributed by atoms with van der Waals surface area (Å²) in [6, 6.07) is 8.17. The maximum Gasteiger partial charge on any atom is 0.255 e. The molecule has 0 saturated heterocycles. The molecule has 0 aliphatic heterocycles. The first-order valence-electron chi connectivity index (χ1n) is 10.6. The summed E-state index contributed by atoms with van der Waals surface area (Å²) < 4.78 is 14.2. The Labute approximate surface area is 174 Å². The molecule has 0 spiro atoms. The molecule has 1 aliphatic rings. The van der Waals surface area contributed by atoms with Gasteiger partial charge in [0.05, 0.1) is 5.70 Å². The van der Waals surface area contributed by atoms with E-state index in [1.807, 2.05) is 19.1 Å². The molecule has 4 heteroatoms. The summed E-state index contributed by atoms with van der Waals surface area (Å²) in [5.74, 6) is 0.0552. The van der Waals surface area contributed by atoms with Gasteiger partial charge in [0.25, 0.3) is 5.91 Å². The van der Waals surface area contributed by atoms with E-state index in [2.05, 4.69) is 22.4 Å². The van der Waals surface area contributed by atoms with Crippen LogP contribution in [0, 0.1) is 5.92 Å². The van der Waals surface area contributed by atoms with Gasteiger partial charge < -0.3 is 5.32 Å². The number of hydrogen-bond acceptors (Lipinski definition) is 2. The Morgan fingerprint density at radius 3 is 2.41 bits per heavy atom. The Morgan fingerprint density at radius 2 is 1.86 bits per heavy atom. The summed E-state index contributed by atoms with van der Waals surface area (Å²) in [5.41, 5.74) is 3.08. The zero-order valence-corrected chi connectivity index (χ0v) is 18.0. The van der Waals surface area contributed by atoms with Gasteiger partial charge in [-0.05, 0) is 50.3 Å². The van der Waals surface area contributed by atoms with Crippen LogP contribution in [-0.2, 0) is 4.79 Å². The second-order valence-electron chi connectivity index (χ2n) is 7.74. The molecule has 0 aromatic heterocycles. The van der Waals surface area contributed by atoms with Gasteiger partial charge in [0.15, 0.2) is 0 Å². The van der Waals surface area contributed by atoms with E-state index in [1.54, 1.807) is 45.2 Å². The highest BCUT2D eigenvalue weighted by molar-refractivity contribution is 6.05. The van der Waals surface area contributed by atoms with Crippen LogP contribution in [0.5, 0.6) is 0 Å². The molecule has 0 atom stereocenters. The fourth-order valence-corrected chi connectivity index (χ4v) is 3.60. The van der Waals surface area contributed by atoms with Crippen molar-refractivity contribution in [1.82, 2.24) is 0 Å². The largest absolute Gasteiger partial charge is 0.322 e. The number of anilines is 1. The number of nitrogens with zero attached hydrogens (tertiary/aromatic N) is 1. The number of nitrogens with one attached hydrogen (secondary N) is 1. The van der Waals surface area contributed by atoms with Crippen LogP contribution < -0.4 is 5.32 Å². The Balaban J connectivity index is 1.99. The van der Waals surface area contributed by atoms with E-state index in [-0.39, 0.29) is 17.7 Å². The summed E-state index contributed by atoms with van der Waals surface area (Å²) in [5, 5.41) is 2.94. The highest BCUT2D eigenvalue weighted by atomic mass is 19.1. The normalized spacial score (nSPS) is 16.8. The number of allylic oxidation sites excluding steroid dienone is 3. The van der Waals surface area contributed by atoms with Crippen LogP contribution in [0.15, 0.2) is 64.6 Å². The first-order chi connectivity index (χ1) is 14.0. The highest BCUT2D eigenvalue weighted by Gasteiger charge is 2.17. The van der Waals surface area contributed by atoms with Crippen molar-refractivity contribution in [2.75, 3.05) is 5.32 Å². The van der Waals surface area contributed by atoms with Crippen LogP contribution >= 0.6 is 0 Å². The lowest BCUT2D eigenvalue weighted by atomic mass is 9.97. The first kappa shape index (κ1) is 22.8. The van der Waals surface area contributed by atoms with E-state index in [0.29, 0.717) is 23.6 Å². The smallest absolute Gasteiger partial charge is 0.255 e. The topological polar surface area (TPSA) is 41.5 Å². The molecule has 1 fully saturated rings. The minimum Gasteiger partial charge on any atom is -0.322 e. The lowest BCUT2D eigenvalue weighted by molar-refractivity contribution is -0.112. The number of benzene rings is 1. The van der Waals surface area contributed by atoms with Gasteiger partial charge in [-0.15, -0.1) is 0 Å². The number of hydrogen-bond donors (Lipinski definition) is 1. The fraction of sp³-hybridized carbons (Fsp3) is 0.440. The van der Waals surface area contributed by atoms with E-state index < -0.39 is 0 Å². The third-order valence-corrected chi connectivity index (χ3v) is 5.24. The van der Waals surface area contributed by atoms with Crippen molar-refractivity contribution in [3.8, 4) is 0 Å². The summed E-state index contributed by atoms with van der Waals surface area (Å²) in [4.78, 5) is 16.7. The average molecular weight is 397 g/mol. The molecule has 1 aromatic carbocycles. The van der Waals surface area contributed by atoms with Crippen LogP contribution in [0.25, 0.3) is 0 Å². The molecule has 1 aromatic rings. The second-order valence-corrected chi connectivity index (χ2v) is 7.74. The van der Waals surface area contributed by atoms with Gasteiger partial charge >= 0.3 is 0 Å². The van der Waals surface area contributed by atoms with Crippen LogP contribution in [0.2, 0.25) is 0 Å². The summed E-state index contributed by atoms with van der Waals surface area (Å²) >= 11 is 0. The van der Waals surface area contributed by atoms with Crippen molar-refractivity contribution in [2.45, 2.75) is 65.7 Å². The summed E-state index contributed by atoms with van der Waals surface area (Å²) in [6.45, 7) is 7.18. The molecule has 0 unspecified atom stereocenters. The van der Waals surface area contributed by atoms with Gasteiger partial charge in [0.1, 0.15) is 5.83 Å². The van der Waals surface area contributed by atoms with Crippen molar-refractivity contribution in [2.24, 2.45) is 10.9 Å². The van der Waals surface area contributed by atoms with Gasteiger partial charge in [-0.1, -0.05) is 57.0 Å². The molecule has 1 saturated carbocycles. The lowest BCUT2D eigenvalue weighted by Crippen LogP contribution is -2.13. The van der Waals surface area contributed by atoms with Crippen LogP contribution in [0.3, 0.4) is 0 Å². The van der Waals surface area contributed by atoms with Crippen LogP contribution in [-0.4, -0.2) is 12.1 Å². The second kappa shape index (κ2) is 11.5. The number of halogens is 1. The molecule has 1 amide bonds. The highest BCUT2D eigenvalue weighted by Crippen LogP contribution is 2.34. The SMILES string of the molecule is CC=N/C(C/C=C\C(=C/C)C(=O)Nc1ccc(C2CCCC2)cc1)=C(/F)C(C)C. The molecule has 0 bridgehead atoms. The Morgan fingerprint density at radius 1 is 1.21 bits per heavy atom. The lowest BCUT2D eigenvalue weighted by Gasteiger charge is -2.11. The number of carbonyl (C=O) groups excluding carboxylic acids is 1. The molecule has 3 nitrogen and oxygen atoms in total. The zero-order chi connectivity index (χ0) is 21.2. The van der Waals surface area contributed by atoms with E-state index in [9.17, 15) is 9.18 Å². The van der Waals surface area contributed by atoms with Gasteiger partial charge in [-0.3, -0.25) is 9.79 Å². The zero-order valence-electron chi connectivity index (χ0n) is 18.0. The number of rotatable bonds is 8. The van der Waals surface area contributed by atoms with E-state index >= 15 is 0 Å². The number of aliphatic imine (C=N–C) groups is 1. The fourth-order valence-electron chi connectivity index (χ4n) is 3.60. The Hall–Kier alpha value is -2.49. The van der Waals surface area contributed by atoms with Gasteiger partial charge in [-0.2, -0.15) is 0 Å². The predicted octanol–water partition coefficient (Wildman–Crippen LogP) is 7.10. The maximum atomic E-state index is 14.2. The maximum absolute atomic E-state index is 14.2. The third kappa shape index (κ3) is 6.81. The molecular weight excluding hydrogens is 363 g/mol. The van der Waals surface area contributed by atoms with Gasteiger partial charge in [0.2, 0.25) is 0 Å². The summed E-state index contributed by atoms with van der Waals surface area (Å²) in [6.07, 6.45) is 12.3. The number of amides is 1. The van der Waals surface area contributed by atoms with Crippen molar-refractivity contribution in [1.29, 1.82) is 0 Å². The minimum absolute atomic E-state index is 0.175. The van der Waals surface area contributed by atoms with Crippen LogP contribution in [0.4, 0.5) is 10.1 Å². The van der Waals surface area contributed by atoms with E-state index in [4.69, 9.17) is 0 Å². The molecule has 2 rings (SSSR count). The molecule has 156 valence electrons. The predicted molar refractivity (Wildman–Crippen MR) is 121 cm³/mol. The molecule has 0 heterocycles. The molecular formula is C25H33FN2O. The molecule has 1 aliphatic carbocycles. The summed E-state index contributed by atoms with van der Waals surface area (Å²) in [7, 11) is 0. The van der Waals surface area contributed by atoms with Crippen molar-refractivity contribution < 1.29 is 9.18 Å². The molecule has 0 radical (unpaired) electrons. The molecule has 29 heavy (non-hydrogen) atoms. The standard InChI is InChI=1S/C25H33FN2O/c1-5-19(12-9-13-23(27-6-2)24(26)18(3)4)25(29)28-22-16-14-21(15-17-22)20-10-7-8-11-20/h5-6,9,12,14-18,20H,7-8,10-11,13H2,1-4H3,(H,28,29)/b12-9-,19-5+,24-23+,27-6?. The quantitative estimate of drug-likeness (QED) is 0.284.